The number of benzene rings is 2. The van der Waals surface area contributed by atoms with Crippen molar-refractivity contribution in [1.82, 2.24) is 10.3 Å². The molecule has 0 saturated carbocycles. The van der Waals surface area contributed by atoms with E-state index < -0.39 is 0 Å². The molecule has 0 atom stereocenters. The zero-order valence-corrected chi connectivity index (χ0v) is 10.2. The Morgan fingerprint density at radius 3 is 2.83 bits per heavy atom. The van der Waals surface area contributed by atoms with Crippen molar-refractivity contribution in [1.29, 1.82) is 0 Å². The highest BCUT2D eigenvalue weighted by molar-refractivity contribution is 5.95. The molecule has 1 N–H and O–H groups in total. The third-order valence-electron chi connectivity index (χ3n) is 3.02. The van der Waals surface area contributed by atoms with Crippen molar-refractivity contribution in [3.63, 3.8) is 0 Å². The van der Waals surface area contributed by atoms with Crippen molar-refractivity contribution in [3.05, 3.63) is 54.6 Å². The third-order valence-corrected chi connectivity index (χ3v) is 3.02. The van der Waals surface area contributed by atoms with Crippen molar-refractivity contribution in [3.8, 4) is 11.3 Å². The van der Waals surface area contributed by atoms with Crippen LogP contribution in [0, 0.1) is 0 Å². The Morgan fingerprint density at radius 2 is 1.94 bits per heavy atom. The lowest BCUT2D eigenvalue weighted by atomic mass is 10.0. The van der Waals surface area contributed by atoms with Crippen molar-refractivity contribution < 1.29 is 4.42 Å². The van der Waals surface area contributed by atoms with E-state index in [1.807, 2.05) is 25.2 Å². The normalized spacial score (nSPS) is 10.9. The molecule has 0 amide bonds. The molecule has 0 spiro atoms. The molecule has 0 aliphatic heterocycles. The van der Waals surface area contributed by atoms with E-state index in [1.54, 1.807) is 0 Å². The van der Waals surface area contributed by atoms with E-state index in [-0.39, 0.29) is 0 Å². The molecule has 0 radical (unpaired) electrons. The summed E-state index contributed by atoms with van der Waals surface area (Å²) < 4.78 is 5.56. The van der Waals surface area contributed by atoms with Gasteiger partial charge in [-0.05, 0) is 17.8 Å². The van der Waals surface area contributed by atoms with E-state index in [2.05, 4.69) is 34.6 Å². The summed E-state index contributed by atoms with van der Waals surface area (Å²) in [6.45, 7) is 0.703. The fourth-order valence-electron chi connectivity index (χ4n) is 2.21. The summed E-state index contributed by atoms with van der Waals surface area (Å²) in [4.78, 5) is 4.26. The van der Waals surface area contributed by atoms with Gasteiger partial charge in [0.15, 0.2) is 12.2 Å². The van der Waals surface area contributed by atoms with Gasteiger partial charge in [-0.3, -0.25) is 0 Å². The Hall–Kier alpha value is -2.13. The van der Waals surface area contributed by atoms with Crippen LogP contribution in [0.3, 0.4) is 0 Å². The average Bonchev–Trinajstić information content (AvgIpc) is 2.87. The second kappa shape index (κ2) is 4.63. The van der Waals surface area contributed by atoms with Gasteiger partial charge in [0.1, 0.15) is 5.69 Å². The van der Waals surface area contributed by atoms with Crippen LogP contribution in [0.1, 0.15) is 5.69 Å². The summed E-state index contributed by atoms with van der Waals surface area (Å²) in [6, 6.07) is 14.5. The molecule has 3 nitrogen and oxygen atoms in total. The maximum Gasteiger partial charge on any atom is 0.181 e. The van der Waals surface area contributed by atoms with Crippen LogP contribution in [-0.2, 0) is 6.54 Å². The predicted octanol–water partition coefficient (Wildman–Crippen LogP) is 3.21. The zero-order valence-electron chi connectivity index (χ0n) is 10.2. The highest BCUT2D eigenvalue weighted by atomic mass is 16.3. The van der Waals surface area contributed by atoms with Gasteiger partial charge in [0.05, 0.1) is 0 Å². The van der Waals surface area contributed by atoms with Crippen molar-refractivity contribution in [2.75, 3.05) is 7.05 Å². The Kier molecular flexibility index (Phi) is 2.82. The fraction of sp³-hybridized carbons (Fsp3) is 0.133. The van der Waals surface area contributed by atoms with Crippen LogP contribution in [0.4, 0.5) is 0 Å². The molecule has 2 aromatic carbocycles. The molecule has 0 aliphatic carbocycles. The van der Waals surface area contributed by atoms with Crippen LogP contribution < -0.4 is 5.32 Å². The first kappa shape index (κ1) is 11.0. The summed E-state index contributed by atoms with van der Waals surface area (Å²) in [6.07, 6.45) is 1.50. The first-order valence-electron chi connectivity index (χ1n) is 5.95. The lowest BCUT2D eigenvalue weighted by Crippen LogP contribution is -2.06. The summed E-state index contributed by atoms with van der Waals surface area (Å²) in [5.74, 6) is 0.848. The Labute approximate surface area is 105 Å². The number of fused-ring (bicyclic) bond motifs is 1. The van der Waals surface area contributed by atoms with Crippen molar-refractivity contribution in [2.45, 2.75) is 6.54 Å². The molecule has 0 bridgehead atoms. The molecular formula is C15H14N2O. The maximum absolute atomic E-state index is 5.56. The quantitative estimate of drug-likeness (QED) is 0.761. The van der Waals surface area contributed by atoms with Crippen LogP contribution >= 0.6 is 0 Å². The van der Waals surface area contributed by atoms with Crippen LogP contribution in [0.2, 0.25) is 0 Å². The fourth-order valence-corrected chi connectivity index (χ4v) is 2.21. The number of nitrogens with zero attached hydrogens (tertiary/aromatic N) is 1. The SMILES string of the molecule is CNCc1ncoc1-c1cccc2ccccc12. The van der Waals surface area contributed by atoms with Gasteiger partial charge in [-0.15, -0.1) is 0 Å². The number of nitrogens with one attached hydrogen (secondary N) is 1. The predicted molar refractivity (Wildman–Crippen MR) is 72.2 cm³/mol. The zero-order chi connectivity index (χ0) is 12.4. The summed E-state index contributed by atoms with van der Waals surface area (Å²) in [5.41, 5.74) is 2.03. The van der Waals surface area contributed by atoms with E-state index >= 15 is 0 Å². The smallest absolute Gasteiger partial charge is 0.181 e. The second-order valence-corrected chi connectivity index (χ2v) is 4.19. The van der Waals surface area contributed by atoms with Gasteiger partial charge < -0.3 is 9.73 Å². The van der Waals surface area contributed by atoms with Gasteiger partial charge in [0.25, 0.3) is 0 Å². The minimum Gasteiger partial charge on any atom is -0.443 e. The molecular weight excluding hydrogens is 224 g/mol. The highest BCUT2D eigenvalue weighted by Gasteiger charge is 2.12. The van der Waals surface area contributed by atoms with Gasteiger partial charge in [0.2, 0.25) is 0 Å². The van der Waals surface area contributed by atoms with Crippen LogP contribution in [0.25, 0.3) is 22.1 Å². The maximum atomic E-state index is 5.56. The van der Waals surface area contributed by atoms with Gasteiger partial charge in [-0.1, -0.05) is 42.5 Å². The first-order chi connectivity index (χ1) is 8.90. The van der Waals surface area contributed by atoms with Gasteiger partial charge in [-0.25, -0.2) is 4.98 Å². The molecule has 3 aromatic rings. The molecule has 0 unspecified atom stereocenters. The van der Waals surface area contributed by atoms with Crippen molar-refractivity contribution >= 4 is 10.8 Å². The molecule has 0 fully saturated rings. The molecule has 0 aliphatic rings. The first-order valence-corrected chi connectivity index (χ1v) is 5.95. The molecule has 90 valence electrons. The minimum atomic E-state index is 0.703. The molecule has 1 aromatic heterocycles. The largest absolute Gasteiger partial charge is 0.443 e. The highest BCUT2D eigenvalue weighted by Crippen LogP contribution is 2.30. The third kappa shape index (κ3) is 1.79. The number of rotatable bonds is 3. The average molecular weight is 238 g/mol. The van der Waals surface area contributed by atoms with Crippen LogP contribution in [0.15, 0.2) is 53.3 Å². The Bertz CT molecular complexity index is 668. The standard InChI is InChI=1S/C15H14N2O/c1-16-9-14-15(18-10-17-14)13-8-4-6-11-5-2-3-7-12(11)13/h2-8,10,16H,9H2,1H3. The number of hydrogen-bond donors (Lipinski definition) is 1. The van der Waals surface area contributed by atoms with Gasteiger partial charge >= 0.3 is 0 Å². The lowest BCUT2D eigenvalue weighted by molar-refractivity contribution is 0.571. The minimum absolute atomic E-state index is 0.703. The van der Waals surface area contributed by atoms with E-state index in [0.717, 1.165) is 17.0 Å². The summed E-state index contributed by atoms with van der Waals surface area (Å²) >= 11 is 0. The van der Waals surface area contributed by atoms with Crippen molar-refractivity contribution in [2.24, 2.45) is 0 Å². The number of oxazole rings is 1. The Balaban J connectivity index is 2.22. The monoisotopic (exact) mass is 238 g/mol. The number of aromatic nitrogens is 1. The van der Waals surface area contributed by atoms with Gasteiger partial charge in [-0.2, -0.15) is 0 Å². The molecule has 0 saturated heterocycles. The topological polar surface area (TPSA) is 38.1 Å². The summed E-state index contributed by atoms with van der Waals surface area (Å²) in [5, 5.41) is 5.50. The molecule has 3 rings (SSSR count). The van der Waals surface area contributed by atoms with Crippen LogP contribution in [-0.4, -0.2) is 12.0 Å². The van der Waals surface area contributed by atoms with E-state index in [0.29, 0.717) is 6.54 Å². The summed E-state index contributed by atoms with van der Waals surface area (Å²) in [7, 11) is 1.90. The Morgan fingerprint density at radius 1 is 1.11 bits per heavy atom. The van der Waals surface area contributed by atoms with Crippen LogP contribution in [0.5, 0.6) is 0 Å². The van der Waals surface area contributed by atoms with E-state index in [9.17, 15) is 0 Å². The molecule has 18 heavy (non-hydrogen) atoms. The van der Waals surface area contributed by atoms with Gasteiger partial charge in [0, 0.05) is 12.1 Å². The molecule has 3 heteroatoms. The lowest BCUT2D eigenvalue weighted by Gasteiger charge is -2.05. The van der Waals surface area contributed by atoms with E-state index in [4.69, 9.17) is 4.42 Å². The van der Waals surface area contributed by atoms with E-state index in [1.165, 1.54) is 17.2 Å². The molecule has 1 heterocycles. The second-order valence-electron chi connectivity index (χ2n) is 4.19. The number of hydrogen-bond acceptors (Lipinski definition) is 3.